The number of urea groups is 1. The van der Waals surface area contributed by atoms with Crippen LogP contribution in [0.2, 0.25) is 5.02 Å². The van der Waals surface area contributed by atoms with Crippen LogP contribution in [0.25, 0.3) is 0 Å². The maximum Gasteiger partial charge on any atom is 0.337 e. The van der Waals surface area contributed by atoms with Crippen molar-refractivity contribution in [3.05, 3.63) is 46.1 Å². The Morgan fingerprint density at radius 1 is 1.25 bits per heavy atom. The van der Waals surface area contributed by atoms with E-state index in [0.717, 1.165) is 11.3 Å². The van der Waals surface area contributed by atoms with Crippen molar-refractivity contribution in [2.45, 2.75) is 32.1 Å². The second-order valence-corrected chi connectivity index (χ2v) is 6.71. The second kappa shape index (κ2) is 8.99. The zero-order chi connectivity index (χ0) is 17.5. The number of esters is 1. The van der Waals surface area contributed by atoms with Gasteiger partial charge in [-0.05, 0) is 31.0 Å². The van der Waals surface area contributed by atoms with Gasteiger partial charge in [-0.1, -0.05) is 30.7 Å². The molecule has 0 saturated carbocycles. The molecule has 0 unspecified atom stereocenters. The summed E-state index contributed by atoms with van der Waals surface area (Å²) in [4.78, 5) is 24.1. The Labute approximate surface area is 151 Å². The second-order valence-electron chi connectivity index (χ2n) is 5.29. The zero-order valence-corrected chi connectivity index (χ0v) is 15.3. The van der Waals surface area contributed by atoms with Gasteiger partial charge in [0.05, 0.1) is 18.2 Å². The number of hydrogen-bond acceptors (Lipinski definition) is 4. The van der Waals surface area contributed by atoms with Crippen LogP contribution in [-0.2, 0) is 15.3 Å². The van der Waals surface area contributed by atoms with E-state index in [2.05, 4.69) is 10.6 Å². The molecule has 0 aliphatic carbocycles. The third-order valence-corrected chi connectivity index (χ3v) is 4.86. The summed E-state index contributed by atoms with van der Waals surface area (Å²) in [6.07, 6.45) is 0.632. The molecule has 1 aliphatic rings. The van der Waals surface area contributed by atoms with Crippen LogP contribution in [0.15, 0.2) is 35.5 Å². The Morgan fingerprint density at radius 3 is 2.58 bits per heavy atom. The molecule has 0 spiro atoms. The molecule has 1 aromatic carbocycles. The minimum Gasteiger partial charge on any atom is -0.463 e. The molecule has 0 bridgehead atoms. The lowest BCUT2D eigenvalue weighted by Gasteiger charge is -2.28. The molecule has 2 N–H and O–H groups in total. The third-order valence-electron chi connectivity index (χ3n) is 3.58. The Balaban J connectivity index is 2.10. The van der Waals surface area contributed by atoms with Gasteiger partial charge in [0, 0.05) is 22.2 Å². The van der Waals surface area contributed by atoms with Crippen LogP contribution in [-0.4, -0.2) is 30.4 Å². The fraction of sp³-hybridized carbons (Fsp3) is 0.412. The van der Waals surface area contributed by atoms with E-state index in [1.165, 1.54) is 0 Å². The van der Waals surface area contributed by atoms with Crippen LogP contribution < -0.4 is 10.6 Å². The van der Waals surface area contributed by atoms with E-state index in [1.54, 1.807) is 18.7 Å². The number of nitrogens with one attached hydrogen (secondary N) is 2. The number of carbonyl (C=O) groups is 2. The molecule has 1 aliphatic heterocycles. The average molecular weight is 369 g/mol. The van der Waals surface area contributed by atoms with Crippen molar-refractivity contribution in [3.63, 3.8) is 0 Å². The van der Waals surface area contributed by atoms with Gasteiger partial charge in [-0.15, -0.1) is 0 Å². The van der Waals surface area contributed by atoms with Crippen LogP contribution in [0.5, 0.6) is 0 Å². The van der Waals surface area contributed by atoms with Crippen molar-refractivity contribution in [1.82, 2.24) is 10.6 Å². The highest BCUT2D eigenvalue weighted by atomic mass is 35.5. The SMILES string of the molecule is CCOC(=O)C1=C(CSCc2ccc(Cl)cc2)NC(=O)N[C@H]1CC. The summed E-state index contributed by atoms with van der Waals surface area (Å²) < 4.78 is 5.14. The molecule has 1 atom stereocenters. The topological polar surface area (TPSA) is 67.4 Å². The molecular formula is C17H21ClN2O3S. The maximum absolute atomic E-state index is 12.3. The van der Waals surface area contributed by atoms with Gasteiger partial charge in [-0.2, -0.15) is 11.8 Å². The molecule has 0 fully saturated rings. The third kappa shape index (κ3) is 4.92. The fourth-order valence-electron chi connectivity index (χ4n) is 2.43. The molecule has 5 nitrogen and oxygen atoms in total. The molecule has 0 radical (unpaired) electrons. The first kappa shape index (κ1) is 18.7. The average Bonchev–Trinajstić information content (AvgIpc) is 2.56. The Hall–Kier alpha value is -1.66. The summed E-state index contributed by atoms with van der Waals surface area (Å²) in [5.41, 5.74) is 2.28. The van der Waals surface area contributed by atoms with Crippen LogP contribution in [0.3, 0.4) is 0 Å². The first-order valence-electron chi connectivity index (χ1n) is 7.85. The molecule has 1 aromatic rings. The van der Waals surface area contributed by atoms with Crippen molar-refractivity contribution in [2.75, 3.05) is 12.4 Å². The van der Waals surface area contributed by atoms with Gasteiger partial charge < -0.3 is 15.4 Å². The van der Waals surface area contributed by atoms with Crippen LogP contribution >= 0.6 is 23.4 Å². The number of hydrogen-bond donors (Lipinski definition) is 2. The maximum atomic E-state index is 12.3. The van der Waals surface area contributed by atoms with Crippen molar-refractivity contribution >= 4 is 35.4 Å². The van der Waals surface area contributed by atoms with Crippen molar-refractivity contribution in [3.8, 4) is 0 Å². The van der Waals surface area contributed by atoms with Crippen LogP contribution in [0, 0.1) is 0 Å². The molecule has 0 saturated heterocycles. The normalized spacial score (nSPS) is 17.3. The monoisotopic (exact) mass is 368 g/mol. The molecule has 1 heterocycles. The zero-order valence-electron chi connectivity index (χ0n) is 13.7. The fourth-order valence-corrected chi connectivity index (χ4v) is 3.52. The Bertz CT molecular complexity index is 631. The van der Waals surface area contributed by atoms with E-state index >= 15 is 0 Å². The number of thioether (sulfide) groups is 1. The minimum atomic E-state index is -0.376. The molecule has 2 rings (SSSR count). The summed E-state index contributed by atoms with van der Waals surface area (Å²) in [6.45, 7) is 4.00. The van der Waals surface area contributed by atoms with E-state index in [-0.39, 0.29) is 18.0 Å². The lowest BCUT2D eigenvalue weighted by Crippen LogP contribution is -2.50. The van der Waals surface area contributed by atoms with Gasteiger partial charge in [0.2, 0.25) is 0 Å². The van der Waals surface area contributed by atoms with E-state index < -0.39 is 0 Å². The highest BCUT2D eigenvalue weighted by Gasteiger charge is 2.31. The number of amides is 2. The molecule has 7 heteroatoms. The van der Waals surface area contributed by atoms with E-state index in [9.17, 15) is 9.59 Å². The lowest BCUT2D eigenvalue weighted by atomic mass is 10.0. The predicted octanol–water partition coefficient (Wildman–Crippen LogP) is 3.48. The lowest BCUT2D eigenvalue weighted by molar-refractivity contribution is -0.139. The quantitative estimate of drug-likeness (QED) is 0.723. The molecule has 130 valence electrons. The van der Waals surface area contributed by atoms with E-state index in [0.29, 0.717) is 35.1 Å². The summed E-state index contributed by atoms with van der Waals surface area (Å²) in [5.74, 6) is 0.913. The molecule has 0 aromatic heterocycles. The van der Waals surface area contributed by atoms with Crippen molar-refractivity contribution in [2.24, 2.45) is 0 Å². The van der Waals surface area contributed by atoms with E-state index in [1.807, 2.05) is 31.2 Å². The molecule has 24 heavy (non-hydrogen) atoms. The molecular weight excluding hydrogens is 348 g/mol. The van der Waals surface area contributed by atoms with Gasteiger partial charge in [0.25, 0.3) is 0 Å². The standard InChI is InChI=1S/C17H21ClN2O3S/c1-3-13-15(16(21)23-4-2)14(20-17(22)19-13)10-24-9-11-5-7-12(18)8-6-11/h5-8,13H,3-4,9-10H2,1-2H3,(H2,19,20,22)/t13-/m0/s1. The number of rotatable bonds is 7. The van der Waals surface area contributed by atoms with Gasteiger partial charge in [-0.3, -0.25) is 0 Å². The van der Waals surface area contributed by atoms with Crippen molar-refractivity contribution in [1.29, 1.82) is 0 Å². The first-order chi connectivity index (χ1) is 11.5. The van der Waals surface area contributed by atoms with Gasteiger partial charge in [-0.25, -0.2) is 9.59 Å². The smallest absolute Gasteiger partial charge is 0.337 e. The largest absolute Gasteiger partial charge is 0.463 e. The Morgan fingerprint density at radius 2 is 1.96 bits per heavy atom. The minimum absolute atomic E-state index is 0.281. The van der Waals surface area contributed by atoms with Crippen molar-refractivity contribution < 1.29 is 14.3 Å². The highest BCUT2D eigenvalue weighted by molar-refractivity contribution is 7.98. The van der Waals surface area contributed by atoms with Crippen LogP contribution in [0.1, 0.15) is 25.8 Å². The number of benzene rings is 1. The van der Waals surface area contributed by atoms with E-state index in [4.69, 9.17) is 16.3 Å². The summed E-state index contributed by atoms with van der Waals surface area (Å²) in [6, 6.07) is 7.03. The van der Waals surface area contributed by atoms with Gasteiger partial charge in [0.1, 0.15) is 0 Å². The highest BCUT2D eigenvalue weighted by Crippen LogP contribution is 2.22. The number of ether oxygens (including phenoxy) is 1. The number of halogens is 1. The van der Waals surface area contributed by atoms with Gasteiger partial charge >= 0.3 is 12.0 Å². The summed E-state index contributed by atoms with van der Waals surface area (Å²) in [7, 11) is 0. The Kier molecular flexibility index (Phi) is 6.99. The summed E-state index contributed by atoms with van der Waals surface area (Å²) >= 11 is 7.50. The number of carbonyl (C=O) groups excluding carboxylic acids is 2. The predicted molar refractivity (Wildman–Crippen MR) is 97.0 cm³/mol. The first-order valence-corrected chi connectivity index (χ1v) is 9.38. The van der Waals surface area contributed by atoms with Crippen LogP contribution in [0.4, 0.5) is 4.79 Å². The summed E-state index contributed by atoms with van der Waals surface area (Å²) in [5, 5.41) is 6.22. The molecule has 2 amide bonds. The van der Waals surface area contributed by atoms with Gasteiger partial charge in [0.15, 0.2) is 0 Å².